The molecule has 5 rings (SSSR count). The van der Waals surface area contributed by atoms with Crippen LogP contribution in [0.15, 0.2) is 66.0 Å². The number of nitrogens with zero attached hydrogens (tertiary/aromatic N) is 3. The molecule has 0 saturated carbocycles. The van der Waals surface area contributed by atoms with Gasteiger partial charge in [-0.2, -0.15) is 0 Å². The summed E-state index contributed by atoms with van der Waals surface area (Å²) < 4.78 is 33.0. The molecule has 4 aromatic rings. The molecule has 164 valence electrons. The molecular weight excluding hydrogens is 448 g/mol. The van der Waals surface area contributed by atoms with E-state index in [0.717, 1.165) is 11.3 Å². The van der Waals surface area contributed by atoms with E-state index in [4.69, 9.17) is 10.5 Å². The summed E-state index contributed by atoms with van der Waals surface area (Å²) in [5, 5.41) is 0.667. The standard InChI is InChI=1S/C22H20N4O4S2/c23-20(27)22(8-10-30-11-9-22)32(28,29)16-6-7-17-19(12-16)31-21(25-17)26-13-18(24-14-26)15-4-2-1-3-5-15/h1-7,12-14H,8-11H2,(H2,23,27). The number of hydrogen-bond acceptors (Lipinski definition) is 7. The number of rotatable bonds is 5. The summed E-state index contributed by atoms with van der Waals surface area (Å²) in [5.41, 5.74) is 8.05. The first-order valence-corrected chi connectivity index (χ1v) is 12.3. The van der Waals surface area contributed by atoms with E-state index >= 15 is 0 Å². The molecule has 8 nitrogen and oxygen atoms in total. The molecule has 10 heteroatoms. The molecule has 1 amide bonds. The van der Waals surface area contributed by atoms with Crippen LogP contribution in [0.2, 0.25) is 0 Å². The van der Waals surface area contributed by atoms with Gasteiger partial charge >= 0.3 is 0 Å². The predicted molar refractivity (Wildman–Crippen MR) is 121 cm³/mol. The minimum atomic E-state index is -4.00. The Kier molecular flexibility index (Phi) is 5.07. The highest BCUT2D eigenvalue weighted by molar-refractivity contribution is 7.93. The van der Waals surface area contributed by atoms with Crippen molar-refractivity contribution in [1.29, 1.82) is 0 Å². The van der Waals surface area contributed by atoms with Crippen LogP contribution in [0.4, 0.5) is 0 Å². The molecule has 0 radical (unpaired) electrons. The molecule has 2 aromatic carbocycles. The minimum Gasteiger partial charge on any atom is -0.381 e. The summed E-state index contributed by atoms with van der Waals surface area (Å²) in [7, 11) is -4.00. The van der Waals surface area contributed by atoms with Crippen molar-refractivity contribution in [3.63, 3.8) is 0 Å². The molecular formula is C22H20N4O4S2. The van der Waals surface area contributed by atoms with E-state index in [1.165, 1.54) is 17.4 Å². The van der Waals surface area contributed by atoms with Gasteiger partial charge in [-0.15, -0.1) is 0 Å². The van der Waals surface area contributed by atoms with Crippen molar-refractivity contribution in [2.75, 3.05) is 13.2 Å². The Morgan fingerprint density at radius 3 is 2.59 bits per heavy atom. The smallest absolute Gasteiger partial charge is 0.239 e. The molecule has 0 spiro atoms. The summed E-state index contributed by atoms with van der Waals surface area (Å²) in [6.45, 7) is 0.360. The average molecular weight is 469 g/mol. The number of ether oxygens (including phenoxy) is 1. The van der Waals surface area contributed by atoms with E-state index < -0.39 is 20.5 Å². The number of amides is 1. The van der Waals surface area contributed by atoms with Crippen LogP contribution in [0, 0.1) is 0 Å². The van der Waals surface area contributed by atoms with Gasteiger partial charge in [0.1, 0.15) is 6.33 Å². The Morgan fingerprint density at radius 2 is 1.88 bits per heavy atom. The molecule has 2 aromatic heterocycles. The third-order valence-corrected chi connectivity index (χ3v) is 9.34. The molecule has 0 atom stereocenters. The molecule has 0 aliphatic carbocycles. The monoisotopic (exact) mass is 468 g/mol. The Morgan fingerprint density at radius 1 is 1.12 bits per heavy atom. The number of nitrogens with two attached hydrogens (primary N) is 1. The summed E-state index contributed by atoms with van der Waals surface area (Å²) in [5.74, 6) is -0.835. The number of carbonyl (C=O) groups excluding carboxylic acids is 1. The zero-order chi connectivity index (χ0) is 22.3. The quantitative estimate of drug-likeness (QED) is 0.481. The van der Waals surface area contributed by atoms with Crippen LogP contribution in [0.25, 0.3) is 26.6 Å². The lowest BCUT2D eigenvalue weighted by Gasteiger charge is -2.33. The number of sulfone groups is 1. The Labute approximate surface area is 188 Å². The van der Waals surface area contributed by atoms with Gasteiger partial charge in [-0.1, -0.05) is 41.7 Å². The van der Waals surface area contributed by atoms with Gasteiger partial charge in [0.05, 0.1) is 20.8 Å². The lowest BCUT2D eigenvalue weighted by molar-refractivity contribution is -0.122. The second-order valence-electron chi connectivity index (χ2n) is 7.63. The van der Waals surface area contributed by atoms with Crippen LogP contribution in [0.5, 0.6) is 0 Å². The third-order valence-electron chi connectivity index (χ3n) is 5.80. The van der Waals surface area contributed by atoms with Gasteiger partial charge in [-0.3, -0.25) is 9.36 Å². The van der Waals surface area contributed by atoms with Crippen molar-refractivity contribution in [3.8, 4) is 16.4 Å². The fraction of sp³-hybridized carbons (Fsp3) is 0.227. The minimum absolute atomic E-state index is 0.0495. The van der Waals surface area contributed by atoms with Gasteiger partial charge in [0, 0.05) is 25.0 Å². The van der Waals surface area contributed by atoms with Gasteiger partial charge in [-0.05, 0) is 31.0 Å². The van der Waals surface area contributed by atoms with Gasteiger partial charge in [-0.25, -0.2) is 18.4 Å². The van der Waals surface area contributed by atoms with Gasteiger partial charge < -0.3 is 10.5 Å². The fourth-order valence-electron chi connectivity index (χ4n) is 3.93. The highest BCUT2D eigenvalue weighted by Gasteiger charge is 2.51. The number of benzene rings is 2. The van der Waals surface area contributed by atoms with Crippen molar-refractivity contribution in [1.82, 2.24) is 14.5 Å². The largest absolute Gasteiger partial charge is 0.381 e. The molecule has 3 heterocycles. The topological polar surface area (TPSA) is 117 Å². The second kappa shape index (κ2) is 7.80. The molecule has 1 saturated heterocycles. The Balaban J connectivity index is 1.52. The van der Waals surface area contributed by atoms with Gasteiger partial charge in [0.25, 0.3) is 0 Å². The third kappa shape index (κ3) is 3.31. The number of thiazole rings is 1. The number of fused-ring (bicyclic) bond motifs is 1. The van der Waals surface area contributed by atoms with E-state index in [-0.39, 0.29) is 31.0 Å². The van der Waals surface area contributed by atoms with Gasteiger partial charge in [0.15, 0.2) is 19.7 Å². The Bertz CT molecular complexity index is 1400. The van der Waals surface area contributed by atoms with Crippen molar-refractivity contribution in [2.24, 2.45) is 5.73 Å². The lowest BCUT2D eigenvalue weighted by Crippen LogP contribution is -2.53. The van der Waals surface area contributed by atoms with E-state index in [1.807, 2.05) is 41.1 Å². The SMILES string of the molecule is NC(=O)C1(S(=O)(=O)c2ccc3nc(-n4cnc(-c5ccccc5)c4)sc3c2)CCOCC1. The Hall–Kier alpha value is -3.08. The van der Waals surface area contributed by atoms with E-state index in [0.29, 0.717) is 15.3 Å². The number of imidazole rings is 1. The van der Waals surface area contributed by atoms with Crippen LogP contribution >= 0.6 is 11.3 Å². The number of carbonyl (C=O) groups is 1. The maximum Gasteiger partial charge on any atom is 0.239 e. The number of hydrogen-bond donors (Lipinski definition) is 1. The molecule has 0 bridgehead atoms. The molecule has 2 N–H and O–H groups in total. The predicted octanol–water partition coefficient (Wildman–Crippen LogP) is 2.96. The normalized spacial score (nSPS) is 16.2. The first kappa shape index (κ1) is 20.8. The molecule has 0 unspecified atom stereocenters. The fourth-order valence-corrected chi connectivity index (χ4v) is 6.90. The maximum atomic E-state index is 13.4. The number of primary amides is 1. The van der Waals surface area contributed by atoms with Crippen molar-refractivity contribution in [3.05, 3.63) is 61.1 Å². The van der Waals surface area contributed by atoms with Crippen LogP contribution in [0.1, 0.15) is 12.8 Å². The second-order valence-corrected chi connectivity index (χ2v) is 10.9. The number of aromatic nitrogens is 3. The van der Waals surface area contributed by atoms with Crippen molar-refractivity contribution in [2.45, 2.75) is 22.5 Å². The average Bonchev–Trinajstić information content (AvgIpc) is 3.46. The van der Waals surface area contributed by atoms with Crippen LogP contribution in [0.3, 0.4) is 0 Å². The van der Waals surface area contributed by atoms with E-state index in [2.05, 4.69) is 9.97 Å². The highest BCUT2D eigenvalue weighted by atomic mass is 32.2. The van der Waals surface area contributed by atoms with E-state index in [9.17, 15) is 13.2 Å². The maximum absolute atomic E-state index is 13.4. The molecule has 1 fully saturated rings. The van der Waals surface area contributed by atoms with Crippen molar-refractivity contribution < 1.29 is 17.9 Å². The summed E-state index contributed by atoms with van der Waals surface area (Å²) in [6, 6.07) is 14.5. The molecule has 32 heavy (non-hydrogen) atoms. The summed E-state index contributed by atoms with van der Waals surface area (Å²) in [4.78, 5) is 21.4. The van der Waals surface area contributed by atoms with Crippen molar-refractivity contribution >= 4 is 37.3 Å². The summed E-state index contributed by atoms with van der Waals surface area (Å²) >= 11 is 1.35. The lowest BCUT2D eigenvalue weighted by atomic mass is 9.98. The molecule has 1 aliphatic rings. The van der Waals surface area contributed by atoms with Crippen LogP contribution in [-0.4, -0.2) is 46.8 Å². The highest BCUT2D eigenvalue weighted by Crippen LogP contribution is 2.37. The zero-order valence-corrected chi connectivity index (χ0v) is 18.6. The molecule has 1 aliphatic heterocycles. The van der Waals surface area contributed by atoms with E-state index in [1.54, 1.807) is 18.5 Å². The van der Waals surface area contributed by atoms with Gasteiger partial charge in [0.2, 0.25) is 5.91 Å². The van der Waals surface area contributed by atoms with Crippen LogP contribution < -0.4 is 5.73 Å². The summed E-state index contributed by atoms with van der Waals surface area (Å²) in [6.07, 6.45) is 3.67. The van der Waals surface area contributed by atoms with Crippen LogP contribution in [-0.2, 0) is 19.4 Å². The first-order valence-electron chi connectivity index (χ1n) is 10.0. The zero-order valence-electron chi connectivity index (χ0n) is 17.0. The first-order chi connectivity index (χ1) is 15.4.